The van der Waals surface area contributed by atoms with Crippen molar-refractivity contribution in [1.82, 2.24) is 4.90 Å². The molecule has 0 aliphatic carbocycles. The Morgan fingerprint density at radius 2 is 1.94 bits per heavy atom. The van der Waals surface area contributed by atoms with Gasteiger partial charge in [0.15, 0.2) is 0 Å². The molecule has 0 amide bonds. The molecule has 0 aromatic rings. The molecule has 0 saturated carbocycles. The van der Waals surface area contributed by atoms with E-state index in [0.29, 0.717) is 19.2 Å². The number of rotatable bonds is 9. The third-order valence-corrected chi connectivity index (χ3v) is 3.25. The first-order valence-electron chi connectivity index (χ1n) is 6.00. The first-order valence-corrected chi connectivity index (χ1v) is 6.00. The lowest BCUT2D eigenvalue weighted by Crippen LogP contribution is -2.58. The van der Waals surface area contributed by atoms with Crippen LogP contribution in [0.4, 0.5) is 0 Å². The molecule has 0 bridgehead atoms. The van der Waals surface area contributed by atoms with Crippen LogP contribution in [0.25, 0.3) is 0 Å². The Bertz CT molecular complexity index is 178. The third-order valence-electron chi connectivity index (χ3n) is 3.25. The maximum atomic E-state index is 5.90. The lowest BCUT2D eigenvalue weighted by Gasteiger charge is -2.43. The summed E-state index contributed by atoms with van der Waals surface area (Å²) in [5.74, 6) is 0. The van der Waals surface area contributed by atoms with Crippen LogP contribution in [0.5, 0.6) is 0 Å². The van der Waals surface area contributed by atoms with Crippen LogP contribution in [0.2, 0.25) is 0 Å². The zero-order chi connectivity index (χ0) is 12.6. The molecule has 0 spiro atoms. The first kappa shape index (κ1) is 15.8. The summed E-state index contributed by atoms with van der Waals surface area (Å²) in [6.45, 7) is 9.42. The van der Waals surface area contributed by atoms with E-state index in [9.17, 15) is 0 Å². The average Bonchev–Trinajstić information content (AvgIpc) is 2.29. The molecule has 0 heterocycles. The molecule has 0 rings (SSSR count). The van der Waals surface area contributed by atoms with E-state index in [2.05, 4.69) is 25.7 Å². The van der Waals surface area contributed by atoms with Gasteiger partial charge in [0.05, 0.1) is 18.8 Å². The van der Waals surface area contributed by atoms with Crippen LogP contribution in [0.15, 0.2) is 0 Å². The summed E-state index contributed by atoms with van der Waals surface area (Å²) in [7, 11) is 3.45. The molecule has 0 fully saturated rings. The number of nitrogens with zero attached hydrogens (tertiary/aromatic N) is 1. The molecule has 0 radical (unpaired) electrons. The van der Waals surface area contributed by atoms with Crippen LogP contribution < -0.4 is 5.73 Å². The van der Waals surface area contributed by atoms with Gasteiger partial charge in [-0.05, 0) is 20.3 Å². The van der Waals surface area contributed by atoms with Gasteiger partial charge in [-0.3, -0.25) is 4.90 Å². The van der Waals surface area contributed by atoms with Crippen molar-refractivity contribution in [3.63, 3.8) is 0 Å². The fraction of sp³-hybridized carbons (Fsp3) is 1.00. The van der Waals surface area contributed by atoms with Gasteiger partial charge in [0.2, 0.25) is 0 Å². The monoisotopic (exact) mass is 232 g/mol. The van der Waals surface area contributed by atoms with Crippen LogP contribution in [0.1, 0.15) is 27.2 Å². The number of methoxy groups -OCH3 is 2. The lowest BCUT2D eigenvalue weighted by molar-refractivity contribution is -0.0110. The van der Waals surface area contributed by atoms with Gasteiger partial charge in [0, 0.05) is 33.4 Å². The molecule has 4 heteroatoms. The SMILES string of the molecule is CCC(C)N(CCOC)C(C)(CN)COC. The van der Waals surface area contributed by atoms with Crippen molar-refractivity contribution in [1.29, 1.82) is 0 Å². The zero-order valence-corrected chi connectivity index (χ0v) is 11.5. The zero-order valence-electron chi connectivity index (χ0n) is 11.5. The van der Waals surface area contributed by atoms with Crippen LogP contribution in [-0.2, 0) is 9.47 Å². The Hall–Kier alpha value is -0.160. The lowest BCUT2D eigenvalue weighted by atomic mass is 9.98. The van der Waals surface area contributed by atoms with E-state index in [1.54, 1.807) is 14.2 Å². The fourth-order valence-electron chi connectivity index (χ4n) is 2.00. The summed E-state index contributed by atoms with van der Waals surface area (Å²) in [5.41, 5.74) is 5.79. The number of hydrogen-bond acceptors (Lipinski definition) is 4. The summed E-state index contributed by atoms with van der Waals surface area (Å²) in [4.78, 5) is 2.39. The fourth-order valence-corrected chi connectivity index (χ4v) is 2.00. The number of ether oxygens (including phenoxy) is 2. The predicted octanol–water partition coefficient (Wildman–Crippen LogP) is 1.10. The molecule has 16 heavy (non-hydrogen) atoms. The van der Waals surface area contributed by atoms with Gasteiger partial charge in [-0.25, -0.2) is 0 Å². The molecular formula is C12H28N2O2. The van der Waals surface area contributed by atoms with Crippen molar-refractivity contribution in [3.05, 3.63) is 0 Å². The average molecular weight is 232 g/mol. The van der Waals surface area contributed by atoms with E-state index < -0.39 is 0 Å². The highest BCUT2D eigenvalue weighted by Crippen LogP contribution is 2.19. The predicted molar refractivity (Wildman–Crippen MR) is 67.7 cm³/mol. The summed E-state index contributed by atoms with van der Waals surface area (Å²) >= 11 is 0. The van der Waals surface area contributed by atoms with Gasteiger partial charge in [-0.15, -0.1) is 0 Å². The standard InChI is InChI=1S/C12H28N2O2/c1-6-11(2)14(7-8-15-4)12(3,9-13)10-16-5/h11H,6-10,13H2,1-5H3. The van der Waals surface area contributed by atoms with Crippen molar-refractivity contribution in [2.75, 3.05) is 40.5 Å². The van der Waals surface area contributed by atoms with E-state index in [0.717, 1.165) is 19.6 Å². The molecule has 4 nitrogen and oxygen atoms in total. The van der Waals surface area contributed by atoms with Gasteiger partial charge >= 0.3 is 0 Å². The van der Waals surface area contributed by atoms with Gasteiger partial charge in [0.25, 0.3) is 0 Å². The second kappa shape index (κ2) is 8.01. The Kier molecular flexibility index (Phi) is 7.93. The minimum absolute atomic E-state index is 0.108. The Balaban J connectivity index is 4.66. The maximum absolute atomic E-state index is 5.90. The summed E-state index contributed by atoms with van der Waals surface area (Å²) in [5, 5.41) is 0. The molecule has 2 unspecified atom stereocenters. The molecule has 0 aromatic carbocycles. The van der Waals surface area contributed by atoms with Crippen LogP contribution >= 0.6 is 0 Å². The van der Waals surface area contributed by atoms with Gasteiger partial charge in [-0.1, -0.05) is 6.92 Å². The smallest absolute Gasteiger partial charge is 0.0656 e. The van der Waals surface area contributed by atoms with Crippen molar-refractivity contribution in [2.45, 2.75) is 38.8 Å². The Labute approximate surface area is 100 Å². The van der Waals surface area contributed by atoms with Crippen LogP contribution in [-0.4, -0.2) is 57.0 Å². The Morgan fingerprint density at radius 3 is 2.31 bits per heavy atom. The normalized spacial score (nSPS) is 17.4. The molecule has 0 aromatic heterocycles. The molecule has 0 aliphatic heterocycles. The highest BCUT2D eigenvalue weighted by atomic mass is 16.5. The van der Waals surface area contributed by atoms with E-state index >= 15 is 0 Å². The topological polar surface area (TPSA) is 47.7 Å². The third kappa shape index (κ3) is 4.37. The van der Waals surface area contributed by atoms with Crippen LogP contribution in [0.3, 0.4) is 0 Å². The molecular weight excluding hydrogens is 204 g/mol. The second-order valence-electron chi connectivity index (χ2n) is 4.58. The second-order valence-corrected chi connectivity index (χ2v) is 4.58. The number of nitrogens with two attached hydrogens (primary N) is 1. The van der Waals surface area contributed by atoms with E-state index in [4.69, 9.17) is 15.2 Å². The van der Waals surface area contributed by atoms with E-state index in [1.165, 1.54) is 0 Å². The van der Waals surface area contributed by atoms with Crippen molar-refractivity contribution >= 4 is 0 Å². The Morgan fingerprint density at radius 1 is 1.31 bits per heavy atom. The van der Waals surface area contributed by atoms with E-state index in [1.807, 2.05) is 0 Å². The quantitative estimate of drug-likeness (QED) is 0.646. The van der Waals surface area contributed by atoms with Crippen molar-refractivity contribution in [3.8, 4) is 0 Å². The van der Waals surface area contributed by atoms with Crippen LogP contribution in [0, 0.1) is 0 Å². The molecule has 2 atom stereocenters. The molecule has 98 valence electrons. The largest absolute Gasteiger partial charge is 0.383 e. The minimum Gasteiger partial charge on any atom is -0.383 e. The molecule has 0 saturated heterocycles. The highest BCUT2D eigenvalue weighted by Gasteiger charge is 2.32. The highest BCUT2D eigenvalue weighted by molar-refractivity contribution is 4.89. The van der Waals surface area contributed by atoms with Gasteiger partial charge in [0.1, 0.15) is 0 Å². The maximum Gasteiger partial charge on any atom is 0.0656 e. The summed E-state index contributed by atoms with van der Waals surface area (Å²) < 4.78 is 10.5. The van der Waals surface area contributed by atoms with Crippen molar-refractivity contribution < 1.29 is 9.47 Å². The van der Waals surface area contributed by atoms with Gasteiger partial charge in [-0.2, -0.15) is 0 Å². The minimum atomic E-state index is -0.108. The molecule has 2 N–H and O–H groups in total. The molecule has 0 aliphatic rings. The number of hydrogen-bond donors (Lipinski definition) is 1. The van der Waals surface area contributed by atoms with Gasteiger partial charge < -0.3 is 15.2 Å². The summed E-state index contributed by atoms with van der Waals surface area (Å²) in [6, 6.07) is 0.485. The van der Waals surface area contributed by atoms with Crippen molar-refractivity contribution in [2.24, 2.45) is 5.73 Å². The first-order chi connectivity index (χ1) is 7.55. The summed E-state index contributed by atoms with van der Waals surface area (Å²) in [6.07, 6.45) is 1.10. The van der Waals surface area contributed by atoms with E-state index in [-0.39, 0.29) is 5.54 Å².